The highest BCUT2D eigenvalue weighted by Crippen LogP contribution is 2.27. The summed E-state index contributed by atoms with van der Waals surface area (Å²) in [7, 11) is 1.37. The van der Waals surface area contributed by atoms with Crippen molar-refractivity contribution in [3.05, 3.63) is 93.2 Å². The number of hydrogen-bond acceptors (Lipinski definition) is 7. The summed E-state index contributed by atoms with van der Waals surface area (Å²) in [6.45, 7) is 5.32. The second kappa shape index (κ2) is 14.3. The van der Waals surface area contributed by atoms with E-state index in [9.17, 15) is 14.9 Å². The Labute approximate surface area is 250 Å². The quantitative estimate of drug-likeness (QED) is 0.300. The summed E-state index contributed by atoms with van der Waals surface area (Å²) in [5, 5.41) is 12.8. The van der Waals surface area contributed by atoms with Crippen LogP contribution in [-0.2, 0) is 11.3 Å². The van der Waals surface area contributed by atoms with Crippen molar-refractivity contribution in [1.29, 1.82) is 5.26 Å². The second-order valence-electron chi connectivity index (χ2n) is 10.2. The fraction of sp³-hybridized carbons (Fsp3) is 0.355. The lowest BCUT2D eigenvalue weighted by Crippen LogP contribution is -2.46. The molecule has 41 heavy (non-hydrogen) atoms. The minimum atomic E-state index is -0.365. The number of hydrogen-bond donors (Lipinski definition) is 1. The van der Waals surface area contributed by atoms with E-state index >= 15 is 0 Å². The monoisotopic (exact) mass is 593 g/mol. The molecule has 10 heteroatoms. The topological polar surface area (TPSA) is 98.6 Å². The average molecular weight is 595 g/mol. The number of rotatable bonds is 10. The van der Waals surface area contributed by atoms with Gasteiger partial charge in [0.15, 0.2) is 0 Å². The van der Waals surface area contributed by atoms with Crippen LogP contribution in [0.3, 0.4) is 0 Å². The summed E-state index contributed by atoms with van der Waals surface area (Å²) in [6.07, 6.45) is 5.53. The first-order valence-electron chi connectivity index (χ1n) is 13.5. The molecule has 0 saturated carbocycles. The molecule has 1 aromatic heterocycles. The zero-order valence-electron chi connectivity index (χ0n) is 23.1. The van der Waals surface area contributed by atoms with Crippen molar-refractivity contribution in [2.75, 3.05) is 31.6 Å². The molecule has 1 atom stereocenters. The lowest BCUT2D eigenvalue weighted by molar-refractivity contribution is 0.0600. The number of likely N-dealkylation sites (tertiary alicyclic amines) is 1. The van der Waals surface area contributed by atoms with Crippen molar-refractivity contribution >= 4 is 40.8 Å². The second-order valence-corrected chi connectivity index (χ2v) is 11.0. The van der Waals surface area contributed by atoms with Crippen molar-refractivity contribution in [3.63, 3.8) is 0 Å². The van der Waals surface area contributed by atoms with Crippen LogP contribution in [0.25, 0.3) is 0 Å². The number of ether oxygens (including phenoxy) is 1. The van der Waals surface area contributed by atoms with Crippen molar-refractivity contribution in [1.82, 2.24) is 15.2 Å². The first-order chi connectivity index (χ1) is 19.8. The highest BCUT2D eigenvalue weighted by atomic mass is 35.5. The maximum atomic E-state index is 12.7. The summed E-state index contributed by atoms with van der Waals surface area (Å²) in [5.74, 6) is -0.668. The maximum Gasteiger partial charge on any atom is 0.337 e. The molecule has 1 saturated heterocycles. The largest absolute Gasteiger partial charge is 0.465 e. The first-order valence-corrected chi connectivity index (χ1v) is 14.3. The number of pyridine rings is 1. The minimum Gasteiger partial charge on any atom is -0.465 e. The molecule has 8 nitrogen and oxygen atoms in total. The molecule has 1 aliphatic heterocycles. The standard InChI is InChI=1S/C31H33Cl2N5O3/c1-21(36-30(39)29-27(32)18-35-19-28(29)33)10-13-37-14-11-26(12-15-37)38(20-23-5-3-4-22(16-23)17-34)25-8-6-24(7-9-25)31(40)41-2/h3-9,16,18-19,21,26H,10-15,20H2,1-2H3,(H,36,39). The smallest absolute Gasteiger partial charge is 0.337 e. The minimum absolute atomic E-state index is 0.0576. The number of methoxy groups -OCH3 is 1. The third-order valence-electron chi connectivity index (χ3n) is 7.36. The van der Waals surface area contributed by atoms with Crippen molar-refractivity contribution in [2.24, 2.45) is 0 Å². The number of carbonyl (C=O) groups excluding carboxylic acids is 2. The maximum absolute atomic E-state index is 12.7. The summed E-state index contributed by atoms with van der Waals surface area (Å²) in [4.78, 5) is 33.3. The van der Waals surface area contributed by atoms with Gasteiger partial charge in [-0.2, -0.15) is 5.26 Å². The molecule has 1 fully saturated rings. The molecule has 4 rings (SSSR count). The highest BCUT2D eigenvalue weighted by Gasteiger charge is 2.26. The van der Waals surface area contributed by atoms with E-state index < -0.39 is 0 Å². The molecule has 1 N–H and O–H groups in total. The molecule has 1 amide bonds. The number of nitrogens with zero attached hydrogens (tertiary/aromatic N) is 4. The van der Waals surface area contributed by atoms with E-state index in [2.05, 4.69) is 26.2 Å². The Bertz CT molecular complexity index is 1380. The molecule has 0 spiro atoms. The van der Waals surface area contributed by atoms with E-state index in [0.29, 0.717) is 17.7 Å². The number of benzene rings is 2. The zero-order chi connectivity index (χ0) is 29.4. The van der Waals surface area contributed by atoms with Crippen LogP contribution in [0.5, 0.6) is 0 Å². The van der Waals surface area contributed by atoms with Crippen LogP contribution in [0, 0.1) is 11.3 Å². The highest BCUT2D eigenvalue weighted by molar-refractivity contribution is 6.39. The van der Waals surface area contributed by atoms with Gasteiger partial charge in [-0.3, -0.25) is 9.78 Å². The van der Waals surface area contributed by atoms with Crippen molar-refractivity contribution in [2.45, 2.75) is 44.8 Å². The van der Waals surface area contributed by atoms with Gasteiger partial charge in [0.1, 0.15) is 0 Å². The van der Waals surface area contributed by atoms with Crippen molar-refractivity contribution in [3.8, 4) is 6.07 Å². The number of aromatic nitrogens is 1. The Kier molecular flexibility index (Phi) is 10.6. The van der Waals surface area contributed by atoms with E-state index in [1.54, 1.807) is 18.2 Å². The Hall–Kier alpha value is -3.64. The number of amides is 1. The molecule has 0 bridgehead atoms. The summed E-state index contributed by atoms with van der Waals surface area (Å²) < 4.78 is 4.85. The van der Waals surface area contributed by atoms with Crippen LogP contribution < -0.4 is 10.2 Å². The van der Waals surface area contributed by atoms with Crippen LogP contribution in [0.1, 0.15) is 58.0 Å². The van der Waals surface area contributed by atoms with Gasteiger partial charge in [-0.25, -0.2) is 4.79 Å². The van der Waals surface area contributed by atoms with Crippen LogP contribution in [0.15, 0.2) is 60.9 Å². The SMILES string of the molecule is COC(=O)c1ccc(N(Cc2cccc(C#N)c2)C2CCN(CCC(C)NC(=O)c3c(Cl)cncc3Cl)CC2)cc1. The van der Waals surface area contributed by atoms with Crippen LogP contribution in [-0.4, -0.2) is 60.6 Å². The van der Waals surface area contributed by atoms with Gasteiger partial charge in [-0.15, -0.1) is 0 Å². The third-order valence-corrected chi connectivity index (χ3v) is 7.94. The summed E-state index contributed by atoms with van der Waals surface area (Å²) >= 11 is 12.3. The lowest BCUT2D eigenvalue weighted by Gasteiger charge is -2.40. The van der Waals surface area contributed by atoms with Gasteiger partial charge in [0, 0.05) is 56.3 Å². The molecular weight excluding hydrogens is 561 g/mol. The van der Waals surface area contributed by atoms with Gasteiger partial charge in [0.05, 0.1) is 39.9 Å². The fourth-order valence-electron chi connectivity index (χ4n) is 5.10. The molecule has 3 aromatic rings. The number of piperidine rings is 1. The molecule has 2 aromatic carbocycles. The Morgan fingerprint density at radius 1 is 1.15 bits per heavy atom. The molecule has 1 aliphatic rings. The predicted octanol–water partition coefficient (Wildman–Crippen LogP) is 5.73. The number of halogens is 2. The normalized spacial score (nSPS) is 14.6. The van der Waals surface area contributed by atoms with Crippen LogP contribution in [0.2, 0.25) is 10.0 Å². The molecule has 1 unspecified atom stereocenters. The zero-order valence-corrected chi connectivity index (χ0v) is 24.7. The first kappa shape index (κ1) is 30.3. The Balaban J connectivity index is 1.37. The fourth-order valence-corrected chi connectivity index (χ4v) is 5.64. The molecule has 214 valence electrons. The average Bonchev–Trinajstić information content (AvgIpc) is 2.99. The Morgan fingerprint density at radius 3 is 2.46 bits per heavy atom. The number of nitrogens with one attached hydrogen (secondary N) is 1. The molecule has 2 heterocycles. The van der Waals surface area contributed by atoms with Crippen LogP contribution >= 0.6 is 23.2 Å². The lowest BCUT2D eigenvalue weighted by atomic mass is 10.00. The number of carbonyl (C=O) groups is 2. The third kappa shape index (κ3) is 7.98. The predicted molar refractivity (Wildman–Crippen MR) is 160 cm³/mol. The van der Waals surface area contributed by atoms with E-state index in [1.165, 1.54) is 19.5 Å². The number of anilines is 1. The van der Waals surface area contributed by atoms with E-state index in [4.69, 9.17) is 27.9 Å². The van der Waals surface area contributed by atoms with Gasteiger partial charge in [0.2, 0.25) is 0 Å². The van der Waals surface area contributed by atoms with E-state index in [0.717, 1.165) is 50.1 Å². The van der Waals surface area contributed by atoms with Gasteiger partial charge < -0.3 is 19.9 Å². The van der Waals surface area contributed by atoms with Gasteiger partial charge in [0.25, 0.3) is 5.91 Å². The van der Waals surface area contributed by atoms with Gasteiger partial charge in [-0.05, 0) is 68.1 Å². The summed E-state index contributed by atoms with van der Waals surface area (Å²) in [5.41, 5.74) is 3.46. The number of nitriles is 1. The van der Waals surface area contributed by atoms with Gasteiger partial charge >= 0.3 is 5.97 Å². The Morgan fingerprint density at radius 2 is 1.83 bits per heavy atom. The van der Waals surface area contributed by atoms with Gasteiger partial charge in [-0.1, -0.05) is 35.3 Å². The van der Waals surface area contributed by atoms with E-state index in [1.807, 2.05) is 37.3 Å². The van der Waals surface area contributed by atoms with E-state index in [-0.39, 0.29) is 39.6 Å². The number of esters is 1. The molecule has 0 radical (unpaired) electrons. The molecular formula is C31H33Cl2N5O3. The van der Waals surface area contributed by atoms with Crippen molar-refractivity contribution < 1.29 is 14.3 Å². The molecule has 0 aliphatic carbocycles. The van der Waals surface area contributed by atoms with Crippen LogP contribution in [0.4, 0.5) is 5.69 Å². The summed E-state index contributed by atoms with van der Waals surface area (Å²) in [6, 6.07) is 17.6.